The zero-order valence-corrected chi connectivity index (χ0v) is 22.4. The number of hydrazine groups is 1. The maximum atomic E-state index is 13.9. The molecule has 2 aliphatic heterocycles. The molecule has 37 heavy (non-hydrogen) atoms. The zero-order valence-electron chi connectivity index (χ0n) is 21.6. The first-order valence-electron chi connectivity index (χ1n) is 13.2. The predicted octanol–water partition coefficient (Wildman–Crippen LogP) is 1.08. The third-order valence-corrected chi connectivity index (χ3v) is 8.24. The first-order valence-corrected chi connectivity index (χ1v) is 13.6. The molecule has 0 radical (unpaired) electrons. The van der Waals surface area contributed by atoms with Gasteiger partial charge in [0, 0.05) is 19.0 Å². The molecule has 4 rings (SSSR count). The van der Waals surface area contributed by atoms with Gasteiger partial charge in [-0.2, -0.15) is 0 Å². The van der Waals surface area contributed by atoms with Crippen LogP contribution in [0.2, 0.25) is 0 Å². The Hall–Kier alpha value is -2.43. The summed E-state index contributed by atoms with van der Waals surface area (Å²) in [6, 6.07) is -1.71. The Balaban J connectivity index is 1.55. The topological polar surface area (TPSA) is 128 Å². The van der Waals surface area contributed by atoms with E-state index in [9.17, 15) is 28.4 Å². The van der Waals surface area contributed by atoms with Gasteiger partial charge in [0.2, 0.25) is 17.7 Å². The molecule has 0 spiro atoms. The first-order chi connectivity index (χ1) is 17.4. The lowest BCUT2D eigenvalue weighted by Crippen LogP contribution is -2.61. The Morgan fingerprint density at radius 1 is 1.14 bits per heavy atom. The van der Waals surface area contributed by atoms with Crippen LogP contribution in [0.15, 0.2) is 0 Å². The highest BCUT2D eigenvalue weighted by atomic mass is 35.5. The van der Waals surface area contributed by atoms with Gasteiger partial charge in [0.15, 0.2) is 0 Å². The van der Waals surface area contributed by atoms with E-state index < -0.39 is 40.9 Å². The van der Waals surface area contributed by atoms with Gasteiger partial charge in [-0.3, -0.25) is 29.4 Å². The van der Waals surface area contributed by atoms with Crippen LogP contribution in [-0.2, 0) is 24.0 Å². The van der Waals surface area contributed by atoms with Crippen LogP contribution in [0.1, 0.15) is 59.3 Å². The molecule has 206 valence electrons. The summed E-state index contributed by atoms with van der Waals surface area (Å²) >= 11 is 5.41. The number of hydrogen-bond acceptors (Lipinski definition) is 5. The molecule has 2 aliphatic carbocycles. The SMILES string of the molecule is CC(C)(C)[C@H](NC(=O)C1CC1)C(=O)N1C[C@@H]2CCC[C@@H]2[C@H]1C(=O)NN(C[C@@H]1CCNC1=O)C(=O)[C@H](F)Cl. The molecule has 3 N–H and O–H groups in total. The highest BCUT2D eigenvalue weighted by Gasteiger charge is 2.52. The maximum absolute atomic E-state index is 13.9. The molecular formula is C25H37ClFN5O5. The van der Waals surface area contributed by atoms with Gasteiger partial charge in [0.1, 0.15) is 12.1 Å². The van der Waals surface area contributed by atoms with Gasteiger partial charge < -0.3 is 15.5 Å². The normalized spacial score (nSPS) is 28.8. The number of likely N-dealkylation sites (tertiary alicyclic amines) is 1. The quantitative estimate of drug-likeness (QED) is 0.328. The minimum absolute atomic E-state index is 0.0775. The van der Waals surface area contributed by atoms with E-state index in [1.165, 1.54) is 4.90 Å². The summed E-state index contributed by atoms with van der Waals surface area (Å²) in [7, 11) is 0. The van der Waals surface area contributed by atoms with Crippen molar-refractivity contribution in [1.29, 1.82) is 0 Å². The highest BCUT2D eigenvalue weighted by molar-refractivity contribution is 6.29. The number of rotatable bonds is 7. The predicted molar refractivity (Wildman–Crippen MR) is 132 cm³/mol. The fourth-order valence-electron chi connectivity index (χ4n) is 5.84. The molecule has 0 unspecified atom stereocenters. The second kappa shape index (κ2) is 10.7. The fourth-order valence-corrected chi connectivity index (χ4v) is 5.95. The van der Waals surface area contributed by atoms with E-state index in [-0.39, 0.29) is 42.0 Å². The van der Waals surface area contributed by atoms with Crippen molar-refractivity contribution in [3.8, 4) is 0 Å². The molecule has 0 bridgehead atoms. The van der Waals surface area contributed by atoms with Crippen molar-refractivity contribution in [3.63, 3.8) is 0 Å². The summed E-state index contributed by atoms with van der Waals surface area (Å²) in [4.78, 5) is 66.2. The van der Waals surface area contributed by atoms with Crippen molar-refractivity contribution >= 4 is 41.1 Å². The molecular weight excluding hydrogens is 505 g/mol. The molecule has 2 saturated heterocycles. The van der Waals surface area contributed by atoms with E-state index >= 15 is 0 Å². The summed E-state index contributed by atoms with van der Waals surface area (Å²) in [5.74, 6) is -3.26. The van der Waals surface area contributed by atoms with Gasteiger partial charge in [0.25, 0.3) is 17.4 Å². The van der Waals surface area contributed by atoms with Gasteiger partial charge in [-0.15, -0.1) is 0 Å². The Bertz CT molecular complexity index is 952. The second-order valence-electron chi connectivity index (χ2n) is 11.9. The number of amides is 5. The van der Waals surface area contributed by atoms with Crippen LogP contribution in [0, 0.1) is 29.1 Å². The van der Waals surface area contributed by atoms with E-state index in [0.717, 1.165) is 37.1 Å². The van der Waals surface area contributed by atoms with E-state index in [1.54, 1.807) is 0 Å². The smallest absolute Gasteiger partial charge is 0.291 e. The minimum atomic E-state index is -2.40. The average molecular weight is 542 g/mol. The van der Waals surface area contributed by atoms with Crippen molar-refractivity contribution in [2.24, 2.45) is 29.1 Å². The van der Waals surface area contributed by atoms with Gasteiger partial charge in [-0.05, 0) is 49.4 Å². The van der Waals surface area contributed by atoms with Crippen molar-refractivity contribution in [3.05, 3.63) is 0 Å². The van der Waals surface area contributed by atoms with Crippen molar-refractivity contribution in [2.75, 3.05) is 19.6 Å². The summed E-state index contributed by atoms with van der Waals surface area (Å²) in [6.07, 6.45) is 4.56. The lowest BCUT2D eigenvalue weighted by Gasteiger charge is -2.37. The van der Waals surface area contributed by atoms with Crippen LogP contribution in [-0.4, -0.2) is 76.8 Å². The lowest BCUT2D eigenvalue weighted by molar-refractivity contribution is -0.150. The number of hydrogen-bond donors (Lipinski definition) is 3. The molecule has 0 aromatic rings. The van der Waals surface area contributed by atoms with Crippen molar-refractivity contribution in [2.45, 2.75) is 77.0 Å². The molecule has 12 heteroatoms. The fraction of sp³-hybridized carbons (Fsp3) is 0.800. The summed E-state index contributed by atoms with van der Waals surface area (Å²) in [6.45, 7) is 6.17. The molecule has 0 aromatic heterocycles. The molecule has 10 nitrogen and oxygen atoms in total. The first kappa shape index (κ1) is 27.6. The Kier molecular flexibility index (Phi) is 8.02. The van der Waals surface area contributed by atoms with Crippen LogP contribution in [0.5, 0.6) is 0 Å². The Morgan fingerprint density at radius 2 is 1.84 bits per heavy atom. The summed E-state index contributed by atoms with van der Waals surface area (Å²) in [5, 5.41) is 6.34. The van der Waals surface area contributed by atoms with E-state index in [0.29, 0.717) is 19.5 Å². The van der Waals surface area contributed by atoms with Crippen molar-refractivity contribution in [1.82, 2.24) is 26.0 Å². The number of halogens is 2. The Morgan fingerprint density at radius 3 is 2.41 bits per heavy atom. The number of fused-ring (bicyclic) bond motifs is 1. The van der Waals surface area contributed by atoms with Crippen LogP contribution in [0.25, 0.3) is 0 Å². The number of alkyl halides is 2. The molecule has 0 aromatic carbocycles. The van der Waals surface area contributed by atoms with Crippen LogP contribution >= 0.6 is 11.6 Å². The van der Waals surface area contributed by atoms with Crippen LogP contribution in [0.4, 0.5) is 4.39 Å². The molecule has 2 heterocycles. The molecule has 5 amide bonds. The van der Waals surface area contributed by atoms with E-state index in [4.69, 9.17) is 11.6 Å². The molecule has 4 aliphatic rings. The molecule has 2 saturated carbocycles. The summed E-state index contributed by atoms with van der Waals surface area (Å²) < 4.78 is 13.8. The zero-order chi connectivity index (χ0) is 27.1. The number of carbonyl (C=O) groups excluding carboxylic acids is 5. The highest BCUT2D eigenvalue weighted by Crippen LogP contribution is 2.43. The summed E-state index contributed by atoms with van der Waals surface area (Å²) in [5.41, 5.74) is -0.503. The van der Waals surface area contributed by atoms with Gasteiger partial charge in [-0.1, -0.05) is 38.8 Å². The monoisotopic (exact) mass is 541 g/mol. The van der Waals surface area contributed by atoms with E-state index in [2.05, 4.69) is 16.1 Å². The van der Waals surface area contributed by atoms with Crippen LogP contribution in [0.3, 0.4) is 0 Å². The number of carbonyl (C=O) groups is 5. The van der Waals surface area contributed by atoms with Gasteiger partial charge in [-0.25, -0.2) is 9.40 Å². The minimum Gasteiger partial charge on any atom is -0.356 e. The third-order valence-electron chi connectivity index (χ3n) is 8.05. The second-order valence-corrected chi connectivity index (χ2v) is 12.3. The molecule has 6 atom stereocenters. The Labute approximate surface area is 221 Å². The third kappa shape index (κ3) is 6.02. The largest absolute Gasteiger partial charge is 0.356 e. The average Bonchev–Trinajstić information content (AvgIpc) is 3.28. The standard InChI is InChI=1S/C25H37ClFN5O5/c1-25(2,3)18(29-21(34)13-7-8-13)23(36)31-11-14-5-4-6-16(14)17(31)22(35)30-32(24(37)19(26)27)12-15-9-10-28-20(15)33/h13-19H,4-12H2,1-3H3,(H,28,33)(H,29,34)(H,30,35)/t14-,15-,16-,17-,18+,19-/m0/s1. The van der Waals surface area contributed by atoms with Gasteiger partial charge >= 0.3 is 0 Å². The van der Waals surface area contributed by atoms with Gasteiger partial charge in [0.05, 0.1) is 12.5 Å². The number of nitrogens with zero attached hydrogens (tertiary/aromatic N) is 2. The maximum Gasteiger partial charge on any atom is 0.291 e. The number of nitrogens with one attached hydrogen (secondary N) is 3. The lowest BCUT2D eigenvalue weighted by atomic mass is 9.85. The van der Waals surface area contributed by atoms with Crippen molar-refractivity contribution < 1.29 is 28.4 Å². The molecule has 4 fully saturated rings. The van der Waals surface area contributed by atoms with Crippen LogP contribution < -0.4 is 16.1 Å². The van der Waals surface area contributed by atoms with E-state index in [1.807, 2.05) is 20.8 Å².